The lowest BCUT2D eigenvalue weighted by Crippen LogP contribution is -1.67. The Hall–Kier alpha value is -2.02. The lowest BCUT2D eigenvalue weighted by molar-refractivity contribution is 0.534. The van der Waals surface area contributed by atoms with Gasteiger partial charge in [0.15, 0.2) is 0 Å². The van der Waals surface area contributed by atoms with Gasteiger partial charge in [0, 0.05) is 0 Å². The Morgan fingerprint density at radius 1 is 0.688 bits per heavy atom. The lowest BCUT2D eigenvalue weighted by Gasteiger charge is -1.92. The molecule has 0 aliphatic carbocycles. The van der Waals surface area contributed by atoms with Crippen molar-refractivity contribution in [3.05, 3.63) is 72.7 Å². The fourth-order valence-corrected chi connectivity index (χ4v) is 1.49. The largest absolute Gasteiger partial charge is 0.470 e. The van der Waals surface area contributed by atoms with E-state index >= 15 is 0 Å². The van der Waals surface area contributed by atoms with Crippen molar-refractivity contribution in [3.63, 3.8) is 0 Å². The van der Waals surface area contributed by atoms with Crippen LogP contribution in [0.5, 0.6) is 0 Å². The number of hydrogen-bond acceptors (Lipinski definition) is 1. The Morgan fingerprint density at radius 2 is 1.19 bits per heavy atom. The third-order valence-corrected chi connectivity index (χ3v) is 2.32. The molecule has 3 rings (SSSR count). The molecule has 2 aromatic carbocycles. The molecule has 0 N–H and O–H groups in total. The summed E-state index contributed by atoms with van der Waals surface area (Å²) in [6.07, 6.45) is 1.66. The van der Waals surface area contributed by atoms with Crippen molar-refractivity contribution < 1.29 is 4.42 Å². The maximum atomic E-state index is 4.83. The number of furan rings is 1. The molecule has 0 saturated carbocycles. The summed E-state index contributed by atoms with van der Waals surface area (Å²) in [5.74, 6) is 0.968. The molecule has 1 heterocycles. The van der Waals surface area contributed by atoms with Gasteiger partial charge in [-0.15, -0.1) is 0 Å². The minimum Gasteiger partial charge on any atom is -0.470 e. The smallest absolute Gasteiger partial charge is 0.100 e. The molecule has 1 aromatic heterocycles. The second-order valence-electron chi connectivity index (χ2n) is 3.57. The zero-order valence-electron chi connectivity index (χ0n) is 9.26. The number of aryl methyl sites for hydroxylation is 1. The quantitative estimate of drug-likeness (QED) is 0.535. The SMILES string of the molecule is Cc1ccco1.c1ccc2ccccc2c1. The van der Waals surface area contributed by atoms with E-state index in [0.717, 1.165) is 5.76 Å². The topological polar surface area (TPSA) is 13.1 Å². The standard InChI is InChI=1S/C10H8.C5H6O/c1-2-6-10-8-4-3-7-9(10)5-1;1-5-3-2-4-6-5/h1-8H;2-4H,1H3. The van der Waals surface area contributed by atoms with Gasteiger partial charge in [0.05, 0.1) is 6.26 Å². The Balaban J connectivity index is 0.000000138. The van der Waals surface area contributed by atoms with Crippen LogP contribution in [0.4, 0.5) is 0 Å². The highest BCUT2D eigenvalue weighted by Crippen LogP contribution is 2.11. The van der Waals surface area contributed by atoms with E-state index in [4.69, 9.17) is 4.42 Å². The van der Waals surface area contributed by atoms with E-state index in [2.05, 4.69) is 48.5 Å². The average Bonchev–Trinajstić information content (AvgIpc) is 2.81. The average molecular weight is 210 g/mol. The summed E-state index contributed by atoms with van der Waals surface area (Å²) >= 11 is 0. The Labute approximate surface area is 95.3 Å². The van der Waals surface area contributed by atoms with Crippen molar-refractivity contribution >= 4 is 10.8 Å². The first-order valence-corrected chi connectivity index (χ1v) is 5.30. The summed E-state index contributed by atoms with van der Waals surface area (Å²) < 4.78 is 4.83. The van der Waals surface area contributed by atoms with Gasteiger partial charge in [-0.1, -0.05) is 48.5 Å². The van der Waals surface area contributed by atoms with Crippen molar-refractivity contribution in [3.8, 4) is 0 Å². The molecule has 0 fully saturated rings. The van der Waals surface area contributed by atoms with Crippen LogP contribution in [0.1, 0.15) is 5.76 Å². The molecule has 0 radical (unpaired) electrons. The van der Waals surface area contributed by atoms with Gasteiger partial charge in [0.2, 0.25) is 0 Å². The molecule has 0 amide bonds. The van der Waals surface area contributed by atoms with Crippen LogP contribution >= 0.6 is 0 Å². The first kappa shape index (κ1) is 10.5. The number of rotatable bonds is 0. The highest BCUT2D eigenvalue weighted by molar-refractivity contribution is 5.81. The molecule has 80 valence electrons. The summed E-state index contributed by atoms with van der Waals surface area (Å²) in [5, 5.41) is 2.62. The first-order chi connectivity index (χ1) is 7.86. The van der Waals surface area contributed by atoms with Crippen molar-refractivity contribution in [1.29, 1.82) is 0 Å². The van der Waals surface area contributed by atoms with Crippen molar-refractivity contribution in [2.24, 2.45) is 0 Å². The molecule has 0 spiro atoms. The Morgan fingerprint density at radius 3 is 1.44 bits per heavy atom. The molecule has 0 aliphatic heterocycles. The Bertz CT molecular complexity index is 473. The lowest BCUT2D eigenvalue weighted by atomic mass is 10.1. The van der Waals surface area contributed by atoms with E-state index in [-0.39, 0.29) is 0 Å². The summed E-state index contributed by atoms with van der Waals surface area (Å²) in [5.41, 5.74) is 0. The van der Waals surface area contributed by atoms with Gasteiger partial charge >= 0.3 is 0 Å². The highest BCUT2D eigenvalue weighted by Gasteiger charge is 1.85. The summed E-state index contributed by atoms with van der Waals surface area (Å²) in [6, 6.07) is 20.5. The van der Waals surface area contributed by atoms with Crippen LogP contribution in [-0.4, -0.2) is 0 Å². The second kappa shape index (κ2) is 5.17. The third-order valence-electron chi connectivity index (χ3n) is 2.32. The maximum absolute atomic E-state index is 4.83. The highest BCUT2D eigenvalue weighted by atomic mass is 16.3. The number of hydrogen-bond donors (Lipinski definition) is 0. The zero-order chi connectivity index (χ0) is 11.2. The minimum atomic E-state index is 0.968. The van der Waals surface area contributed by atoms with Gasteiger partial charge in [0.1, 0.15) is 5.76 Å². The first-order valence-electron chi connectivity index (χ1n) is 5.30. The summed E-state index contributed by atoms with van der Waals surface area (Å²) in [6.45, 7) is 1.92. The normalized spacial score (nSPS) is 9.56. The molecule has 0 aliphatic rings. The summed E-state index contributed by atoms with van der Waals surface area (Å²) in [4.78, 5) is 0. The fourth-order valence-electron chi connectivity index (χ4n) is 1.49. The molecule has 0 bridgehead atoms. The maximum Gasteiger partial charge on any atom is 0.100 e. The van der Waals surface area contributed by atoms with Gasteiger partial charge in [0.25, 0.3) is 0 Å². The van der Waals surface area contributed by atoms with Crippen molar-refractivity contribution in [1.82, 2.24) is 0 Å². The van der Waals surface area contributed by atoms with E-state index in [1.165, 1.54) is 10.8 Å². The van der Waals surface area contributed by atoms with Crippen molar-refractivity contribution in [2.45, 2.75) is 6.92 Å². The van der Waals surface area contributed by atoms with Gasteiger partial charge in [-0.3, -0.25) is 0 Å². The van der Waals surface area contributed by atoms with Crippen LogP contribution in [0.15, 0.2) is 71.3 Å². The molecular formula is C15H14O. The van der Waals surface area contributed by atoms with Gasteiger partial charge in [-0.25, -0.2) is 0 Å². The predicted molar refractivity (Wildman–Crippen MR) is 67.4 cm³/mol. The van der Waals surface area contributed by atoms with E-state index in [9.17, 15) is 0 Å². The molecule has 1 heteroatoms. The molecule has 3 aromatic rings. The molecule has 16 heavy (non-hydrogen) atoms. The molecular weight excluding hydrogens is 196 g/mol. The van der Waals surface area contributed by atoms with Crippen LogP contribution in [0.2, 0.25) is 0 Å². The van der Waals surface area contributed by atoms with E-state index in [0.29, 0.717) is 0 Å². The predicted octanol–water partition coefficient (Wildman–Crippen LogP) is 4.43. The van der Waals surface area contributed by atoms with E-state index in [1.807, 2.05) is 19.1 Å². The van der Waals surface area contributed by atoms with Crippen LogP contribution in [0.25, 0.3) is 10.8 Å². The summed E-state index contributed by atoms with van der Waals surface area (Å²) in [7, 11) is 0. The second-order valence-corrected chi connectivity index (χ2v) is 3.57. The minimum absolute atomic E-state index is 0.968. The third kappa shape index (κ3) is 2.74. The van der Waals surface area contributed by atoms with Crippen LogP contribution in [0.3, 0.4) is 0 Å². The van der Waals surface area contributed by atoms with Crippen LogP contribution < -0.4 is 0 Å². The van der Waals surface area contributed by atoms with Gasteiger partial charge in [-0.05, 0) is 29.8 Å². The monoisotopic (exact) mass is 210 g/mol. The molecule has 0 saturated heterocycles. The number of fused-ring (bicyclic) bond motifs is 1. The zero-order valence-corrected chi connectivity index (χ0v) is 9.26. The molecule has 0 unspecified atom stereocenters. The molecule has 0 atom stereocenters. The molecule has 1 nitrogen and oxygen atoms in total. The van der Waals surface area contributed by atoms with Crippen LogP contribution in [0, 0.1) is 6.92 Å². The Kier molecular flexibility index (Phi) is 3.39. The fraction of sp³-hybridized carbons (Fsp3) is 0.0667. The van der Waals surface area contributed by atoms with Gasteiger partial charge in [-0.2, -0.15) is 0 Å². The van der Waals surface area contributed by atoms with E-state index in [1.54, 1.807) is 6.26 Å². The van der Waals surface area contributed by atoms with Crippen LogP contribution in [-0.2, 0) is 0 Å². The van der Waals surface area contributed by atoms with E-state index < -0.39 is 0 Å². The number of benzene rings is 2. The van der Waals surface area contributed by atoms with Crippen molar-refractivity contribution in [2.75, 3.05) is 0 Å². The van der Waals surface area contributed by atoms with Gasteiger partial charge < -0.3 is 4.42 Å².